The van der Waals surface area contributed by atoms with Crippen molar-refractivity contribution < 1.29 is 9.47 Å². The molecule has 0 amide bonds. The van der Waals surface area contributed by atoms with Crippen LogP contribution in [0.3, 0.4) is 0 Å². The lowest BCUT2D eigenvalue weighted by Crippen LogP contribution is -2.53. The number of methoxy groups -OCH3 is 1. The van der Waals surface area contributed by atoms with Gasteiger partial charge in [-0.3, -0.25) is 11.3 Å². The number of rotatable bonds is 6. The standard InChI is InChI=1S/C9H22N2O2/c1-7(2)13-6-8(11-10)9(3,4)12-5/h7-8,11H,6,10H2,1-5H3. The third-order valence-corrected chi connectivity index (χ3v) is 2.16. The Balaban J connectivity index is 4.02. The smallest absolute Gasteiger partial charge is 0.0810 e. The number of hydrazine groups is 1. The Bertz CT molecular complexity index is 138. The number of hydrogen-bond acceptors (Lipinski definition) is 4. The summed E-state index contributed by atoms with van der Waals surface area (Å²) in [6.45, 7) is 8.48. The molecule has 4 heteroatoms. The molecule has 4 nitrogen and oxygen atoms in total. The van der Waals surface area contributed by atoms with E-state index in [9.17, 15) is 0 Å². The Morgan fingerprint density at radius 3 is 2.23 bits per heavy atom. The van der Waals surface area contributed by atoms with Crippen LogP contribution in [0.4, 0.5) is 0 Å². The van der Waals surface area contributed by atoms with Crippen molar-refractivity contribution in [3.05, 3.63) is 0 Å². The number of hydrogen-bond donors (Lipinski definition) is 2. The molecule has 0 radical (unpaired) electrons. The fraction of sp³-hybridized carbons (Fsp3) is 1.00. The van der Waals surface area contributed by atoms with Crippen molar-refractivity contribution in [1.82, 2.24) is 5.43 Å². The molecule has 0 aliphatic rings. The Morgan fingerprint density at radius 1 is 1.38 bits per heavy atom. The molecule has 0 rings (SSSR count). The summed E-state index contributed by atoms with van der Waals surface area (Å²) in [5.74, 6) is 5.41. The average Bonchev–Trinajstić information content (AvgIpc) is 2.04. The summed E-state index contributed by atoms with van der Waals surface area (Å²) in [7, 11) is 1.67. The van der Waals surface area contributed by atoms with Crippen LogP contribution in [0.15, 0.2) is 0 Å². The molecule has 0 saturated heterocycles. The first kappa shape index (κ1) is 12.8. The van der Waals surface area contributed by atoms with E-state index in [1.54, 1.807) is 7.11 Å². The minimum atomic E-state index is -0.316. The highest BCUT2D eigenvalue weighted by Crippen LogP contribution is 2.13. The van der Waals surface area contributed by atoms with Gasteiger partial charge in [0, 0.05) is 7.11 Å². The third-order valence-electron chi connectivity index (χ3n) is 2.16. The van der Waals surface area contributed by atoms with Gasteiger partial charge in [-0.15, -0.1) is 0 Å². The molecular weight excluding hydrogens is 168 g/mol. The maximum Gasteiger partial charge on any atom is 0.0810 e. The van der Waals surface area contributed by atoms with E-state index in [0.29, 0.717) is 6.61 Å². The van der Waals surface area contributed by atoms with Crippen LogP contribution >= 0.6 is 0 Å². The maximum absolute atomic E-state index is 5.46. The van der Waals surface area contributed by atoms with Crippen molar-refractivity contribution in [2.75, 3.05) is 13.7 Å². The normalized spacial score (nSPS) is 15.0. The zero-order valence-electron chi connectivity index (χ0n) is 9.26. The molecule has 0 saturated carbocycles. The van der Waals surface area contributed by atoms with Gasteiger partial charge in [0.05, 0.1) is 24.4 Å². The first-order chi connectivity index (χ1) is 5.94. The van der Waals surface area contributed by atoms with Crippen molar-refractivity contribution >= 4 is 0 Å². The summed E-state index contributed by atoms with van der Waals surface area (Å²) in [5.41, 5.74) is 2.38. The molecule has 0 aromatic carbocycles. The Labute approximate surface area is 80.7 Å². The fourth-order valence-corrected chi connectivity index (χ4v) is 0.880. The van der Waals surface area contributed by atoms with E-state index < -0.39 is 0 Å². The molecule has 0 heterocycles. The summed E-state index contributed by atoms with van der Waals surface area (Å²) in [5, 5.41) is 0. The minimum Gasteiger partial charge on any atom is -0.377 e. The summed E-state index contributed by atoms with van der Waals surface area (Å²) in [6.07, 6.45) is 0.212. The van der Waals surface area contributed by atoms with E-state index in [1.807, 2.05) is 27.7 Å². The zero-order chi connectivity index (χ0) is 10.5. The topological polar surface area (TPSA) is 56.5 Å². The summed E-state index contributed by atoms with van der Waals surface area (Å²) in [6, 6.07) is -0.0000926. The van der Waals surface area contributed by atoms with E-state index >= 15 is 0 Å². The number of nitrogens with two attached hydrogens (primary N) is 1. The Kier molecular flexibility index (Phi) is 5.48. The van der Waals surface area contributed by atoms with Gasteiger partial charge >= 0.3 is 0 Å². The van der Waals surface area contributed by atoms with Crippen LogP contribution in [0.5, 0.6) is 0 Å². The van der Waals surface area contributed by atoms with Gasteiger partial charge in [-0.05, 0) is 27.7 Å². The van der Waals surface area contributed by atoms with Crippen LogP contribution in [0, 0.1) is 0 Å². The second-order valence-electron chi connectivity index (χ2n) is 3.91. The monoisotopic (exact) mass is 190 g/mol. The van der Waals surface area contributed by atoms with Gasteiger partial charge in [-0.1, -0.05) is 0 Å². The number of nitrogens with one attached hydrogen (secondary N) is 1. The molecule has 0 aromatic heterocycles. The Hall–Kier alpha value is -0.160. The van der Waals surface area contributed by atoms with Gasteiger partial charge in [0.25, 0.3) is 0 Å². The molecule has 0 aliphatic heterocycles. The number of ether oxygens (including phenoxy) is 2. The van der Waals surface area contributed by atoms with Gasteiger partial charge in [0.1, 0.15) is 0 Å². The van der Waals surface area contributed by atoms with E-state index in [-0.39, 0.29) is 17.7 Å². The van der Waals surface area contributed by atoms with E-state index in [4.69, 9.17) is 15.3 Å². The van der Waals surface area contributed by atoms with Crippen LogP contribution in [-0.4, -0.2) is 31.5 Å². The van der Waals surface area contributed by atoms with Gasteiger partial charge < -0.3 is 9.47 Å². The van der Waals surface area contributed by atoms with Crippen molar-refractivity contribution in [2.45, 2.75) is 45.4 Å². The molecule has 3 N–H and O–H groups in total. The molecule has 1 unspecified atom stereocenters. The molecule has 13 heavy (non-hydrogen) atoms. The lowest BCUT2D eigenvalue weighted by atomic mass is 10.00. The van der Waals surface area contributed by atoms with Crippen molar-refractivity contribution in [3.63, 3.8) is 0 Å². The second kappa shape index (κ2) is 5.54. The fourth-order valence-electron chi connectivity index (χ4n) is 0.880. The molecule has 80 valence electrons. The highest BCUT2D eigenvalue weighted by molar-refractivity contribution is 4.83. The van der Waals surface area contributed by atoms with Crippen molar-refractivity contribution in [2.24, 2.45) is 5.84 Å². The van der Waals surface area contributed by atoms with Crippen molar-refractivity contribution in [1.29, 1.82) is 0 Å². The molecule has 0 spiro atoms. The van der Waals surface area contributed by atoms with E-state index in [2.05, 4.69) is 5.43 Å². The molecule has 0 fully saturated rings. The quantitative estimate of drug-likeness (QED) is 0.477. The molecule has 0 bridgehead atoms. The van der Waals surface area contributed by atoms with Gasteiger partial charge in [0.2, 0.25) is 0 Å². The van der Waals surface area contributed by atoms with E-state index in [1.165, 1.54) is 0 Å². The lowest BCUT2D eigenvalue weighted by Gasteiger charge is -2.32. The average molecular weight is 190 g/mol. The van der Waals surface area contributed by atoms with Gasteiger partial charge in [0.15, 0.2) is 0 Å². The van der Waals surface area contributed by atoms with Gasteiger partial charge in [-0.2, -0.15) is 0 Å². The third kappa shape index (κ3) is 4.57. The SMILES string of the molecule is COC(C)(C)C(COC(C)C)NN. The minimum absolute atomic E-state index is 0.0000926. The highest BCUT2D eigenvalue weighted by atomic mass is 16.5. The summed E-state index contributed by atoms with van der Waals surface area (Å²) in [4.78, 5) is 0. The van der Waals surface area contributed by atoms with Crippen LogP contribution < -0.4 is 11.3 Å². The van der Waals surface area contributed by atoms with Crippen LogP contribution in [0.25, 0.3) is 0 Å². The lowest BCUT2D eigenvalue weighted by molar-refractivity contribution is -0.0483. The Morgan fingerprint density at radius 2 is 1.92 bits per heavy atom. The first-order valence-electron chi connectivity index (χ1n) is 4.57. The largest absolute Gasteiger partial charge is 0.377 e. The molecule has 1 atom stereocenters. The summed E-state index contributed by atoms with van der Waals surface area (Å²) >= 11 is 0. The molecule has 0 aliphatic carbocycles. The summed E-state index contributed by atoms with van der Waals surface area (Å²) < 4.78 is 10.8. The second-order valence-corrected chi connectivity index (χ2v) is 3.91. The highest BCUT2D eigenvalue weighted by Gasteiger charge is 2.28. The van der Waals surface area contributed by atoms with Gasteiger partial charge in [-0.25, -0.2) is 0 Å². The molecule has 0 aromatic rings. The predicted octanol–water partition coefficient (Wildman–Crippen LogP) is 0.668. The van der Waals surface area contributed by atoms with Crippen LogP contribution in [0.2, 0.25) is 0 Å². The first-order valence-corrected chi connectivity index (χ1v) is 4.57. The molecular formula is C9H22N2O2. The maximum atomic E-state index is 5.46. The van der Waals surface area contributed by atoms with E-state index in [0.717, 1.165) is 0 Å². The van der Waals surface area contributed by atoms with Crippen LogP contribution in [0.1, 0.15) is 27.7 Å². The predicted molar refractivity (Wildman–Crippen MR) is 53.3 cm³/mol. The van der Waals surface area contributed by atoms with Crippen molar-refractivity contribution in [3.8, 4) is 0 Å². The van der Waals surface area contributed by atoms with Crippen LogP contribution in [-0.2, 0) is 9.47 Å². The zero-order valence-corrected chi connectivity index (χ0v) is 9.26.